The maximum atomic E-state index is 8.16. The van der Waals surface area contributed by atoms with E-state index in [-0.39, 0.29) is 5.84 Å². The Hall–Kier alpha value is -1.03. The highest BCUT2D eigenvalue weighted by molar-refractivity contribution is 5.79. The van der Waals surface area contributed by atoms with Crippen LogP contribution in [0.2, 0.25) is 0 Å². The van der Waals surface area contributed by atoms with E-state index in [9.17, 15) is 0 Å². The van der Waals surface area contributed by atoms with Crippen LogP contribution in [0, 0.1) is 0 Å². The van der Waals surface area contributed by atoms with Gasteiger partial charge in [0.15, 0.2) is 0 Å². The molecule has 0 rings (SSSR count). The largest absolute Gasteiger partial charge is 0.409 e. The fourth-order valence-electron chi connectivity index (χ4n) is 0.596. The molecule has 0 aromatic carbocycles. The summed E-state index contributed by atoms with van der Waals surface area (Å²) in [4.78, 5) is 0. The number of rotatable bonds is 6. The third-order valence-corrected chi connectivity index (χ3v) is 1.21. The predicted octanol–water partition coefficient (Wildman–Crippen LogP) is 0.289. The maximum Gasteiger partial charge on any atom is 0.140 e. The fraction of sp³-hybridized carbons (Fsp3) is 0.571. The second-order valence-corrected chi connectivity index (χ2v) is 2.17. The first-order valence-electron chi connectivity index (χ1n) is 3.59. The van der Waals surface area contributed by atoms with Crippen molar-refractivity contribution >= 4 is 5.84 Å². The van der Waals surface area contributed by atoms with Crippen molar-refractivity contribution in [2.75, 3.05) is 13.1 Å². The molecule has 0 radical (unpaired) electrons. The van der Waals surface area contributed by atoms with E-state index in [4.69, 9.17) is 10.9 Å². The van der Waals surface area contributed by atoms with Gasteiger partial charge < -0.3 is 16.3 Å². The third kappa shape index (κ3) is 6.86. The highest BCUT2D eigenvalue weighted by atomic mass is 16.4. The normalized spacial score (nSPS) is 11.5. The molecule has 0 saturated heterocycles. The van der Waals surface area contributed by atoms with E-state index in [1.807, 2.05) is 6.08 Å². The maximum absolute atomic E-state index is 8.16. The third-order valence-electron chi connectivity index (χ3n) is 1.21. The molecule has 0 aliphatic heterocycles. The van der Waals surface area contributed by atoms with E-state index in [0.29, 0.717) is 6.42 Å². The molecule has 0 aromatic rings. The zero-order chi connectivity index (χ0) is 8.53. The lowest BCUT2D eigenvalue weighted by atomic mass is 10.3. The standard InChI is InChI=1S/C7H15N3O/c1-2-3-5-9-6-4-7(8)10-11/h2,9,11H,1,3-6H2,(H2,8,10). The summed E-state index contributed by atoms with van der Waals surface area (Å²) in [5.74, 6) is 0.260. The summed E-state index contributed by atoms with van der Waals surface area (Å²) >= 11 is 0. The van der Waals surface area contributed by atoms with Gasteiger partial charge in [-0.1, -0.05) is 11.2 Å². The van der Waals surface area contributed by atoms with Crippen LogP contribution < -0.4 is 11.1 Å². The Morgan fingerprint density at radius 3 is 2.91 bits per heavy atom. The second kappa shape index (κ2) is 7.08. The van der Waals surface area contributed by atoms with Crippen molar-refractivity contribution in [2.45, 2.75) is 12.8 Å². The van der Waals surface area contributed by atoms with Crippen molar-refractivity contribution in [1.82, 2.24) is 5.32 Å². The summed E-state index contributed by atoms with van der Waals surface area (Å²) in [7, 11) is 0. The first kappa shape index (κ1) is 9.97. The number of nitrogens with two attached hydrogens (primary N) is 1. The molecule has 0 fully saturated rings. The van der Waals surface area contributed by atoms with E-state index < -0.39 is 0 Å². The minimum absolute atomic E-state index is 0.260. The van der Waals surface area contributed by atoms with Crippen molar-refractivity contribution < 1.29 is 5.21 Å². The van der Waals surface area contributed by atoms with Gasteiger partial charge in [-0.05, 0) is 13.0 Å². The summed E-state index contributed by atoms with van der Waals surface area (Å²) in [6.45, 7) is 5.21. The molecular formula is C7H15N3O. The first-order chi connectivity index (χ1) is 5.31. The summed E-state index contributed by atoms with van der Waals surface area (Å²) in [6, 6.07) is 0. The Labute approximate surface area is 66.8 Å². The Morgan fingerprint density at radius 2 is 2.36 bits per heavy atom. The van der Waals surface area contributed by atoms with Crippen LogP contribution in [-0.2, 0) is 0 Å². The van der Waals surface area contributed by atoms with Crippen molar-refractivity contribution in [1.29, 1.82) is 0 Å². The smallest absolute Gasteiger partial charge is 0.140 e. The average molecular weight is 157 g/mol. The molecule has 11 heavy (non-hydrogen) atoms. The van der Waals surface area contributed by atoms with E-state index in [0.717, 1.165) is 19.5 Å². The van der Waals surface area contributed by atoms with Crippen LogP contribution in [0.3, 0.4) is 0 Å². The SMILES string of the molecule is C=CCCNCC/C(N)=N\O. The number of nitrogens with zero attached hydrogens (tertiary/aromatic N) is 1. The highest BCUT2D eigenvalue weighted by Crippen LogP contribution is 1.78. The van der Waals surface area contributed by atoms with Crippen molar-refractivity contribution in [3.05, 3.63) is 12.7 Å². The first-order valence-corrected chi connectivity index (χ1v) is 3.59. The minimum atomic E-state index is 0.260. The quantitative estimate of drug-likeness (QED) is 0.130. The molecule has 4 N–H and O–H groups in total. The van der Waals surface area contributed by atoms with Gasteiger partial charge in [0.2, 0.25) is 0 Å². The number of hydrogen-bond acceptors (Lipinski definition) is 3. The van der Waals surface area contributed by atoms with E-state index in [2.05, 4.69) is 17.1 Å². The van der Waals surface area contributed by atoms with E-state index in [1.165, 1.54) is 0 Å². The van der Waals surface area contributed by atoms with Crippen LogP contribution in [0.25, 0.3) is 0 Å². The van der Waals surface area contributed by atoms with Crippen molar-refractivity contribution in [2.24, 2.45) is 10.9 Å². The molecule has 4 nitrogen and oxygen atoms in total. The van der Waals surface area contributed by atoms with Crippen LogP contribution in [0.4, 0.5) is 0 Å². The molecule has 0 bridgehead atoms. The van der Waals surface area contributed by atoms with Gasteiger partial charge >= 0.3 is 0 Å². The molecule has 0 spiro atoms. The molecule has 0 amide bonds. The highest BCUT2D eigenvalue weighted by Gasteiger charge is 1.90. The summed E-state index contributed by atoms with van der Waals surface area (Å²) in [5.41, 5.74) is 5.23. The Bertz CT molecular complexity index is 134. The van der Waals surface area contributed by atoms with Gasteiger partial charge in [0.1, 0.15) is 5.84 Å². The predicted molar refractivity (Wildman–Crippen MR) is 45.7 cm³/mol. The number of oxime groups is 1. The summed E-state index contributed by atoms with van der Waals surface area (Å²) in [6.07, 6.45) is 3.36. The van der Waals surface area contributed by atoms with Crippen LogP contribution in [-0.4, -0.2) is 24.1 Å². The van der Waals surface area contributed by atoms with Gasteiger partial charge in [-0.25, -0.2) is 0 Å². The molecule has 0 unspecified atom stereocenters. The number of hydrogen-bond donors (Lipinski definition) is 3. The summed E-state index contributed by atoms with van der Waals surface area (Å²) in [5, 5.41) is 14.1. The molecular weight excluding hydrogens is 142 g/mol. The van der Waals surface area contributed by atoms with Gasteiger partial charge in [-0.3, -0.25) is 0 Å². The fourth-order valence-corrected chi connectivity index (χ4v) is 0.596. The van der Waals surface area contributed by atoms with Crippen LogP contribution in [0.5, 0.6) is 0 Å². The molecule has 0 aliphatic carbocycles. The molecule has 0 atom stereocenters. The number of amidine groups is 1. The second-order valence-electron chi connectivity index (χ2n) is 2.17. The topological polar surface area (TPSA) is 70.6 Å². The minimum Gasteiger partial charge on any atom is -0.409 e. The monoisotopic (exact) mass is 157 g/mol. The molecule has 0 heterocycles. The zero-order valence-electron chi connectivity index (χ0n) is 6.58. The molecule has 0 aliphatic rings. The van der Waals surface area contributed by atoms with Gasteiger partial charge in [-0.15, -0.1) is 6.58 Å². The molecule has 0 saturated carbocycles. The number of nitrogens with one attached hydrogen (secondary N) is 1. The molecule has 64 valence electrons. The van der Waals surface area contributed by atoms with Gasteiger partial charge in [0, 0.05) is 13.0 Å². The van der Waals surface area contributed by atoms with Crippen LogP contribution in [0.15, 0.2) is 17.8 Å². The zero-order valence-corrected chi connectivity index (χ0v) is 6.58. The lowest BCUT2D eigenvalue weighted by Gasteiger charge is -2.00. The van der Waals surface area contributed by atoms with E-state index >= 15 is 0 Å². The van der Waals surface area contributed by atoms with Crippen molar-refractivity contribution in [3.63, 3.8) is 0 Å². The summed E-state index contributed by atoms with van der Waals surface area (Å²) < 4.78 is 0. The lowest BCUT2D eigenvalue weighted by molar-refractivity contribution is 0.316. The van der Waals surface area contributed by atoms with Crippen molar-refractivity contribution in [3.8, 4) is 0 Å². The lowest BCUT2D eigenvalue weighted by Crippen LogP contribution is -2.22. The molecule has 4 heteroatoms. The Morgan fingerprint density at radius 1 is 1.64 bits per heavy atom. The van der Waals surface area contributed by atoms with Crippen LogP contribution >= 0.6 is 0 Å². The molecule has 0 aromatic heterocycles. The Balaban J connectivity index is 3.08. The average Bonchev–Trinajstić information content (AvgIpc) is 2.04. The van der Waals surface area contributed by atoms with Gasteiger partial charge in [0.25, 0.3) is 0 Å². The van der Waals surface area contributed by atoms with Gasteiger partial charge in [-0.2, -0.15) is 0 Å². The van der Waals surface area contributed by atoms with Gasteiger partial charge in [0.05, 0.1) is 0 Å². The van der Waals surface area contributed by atoms with Crippen LogP contribution in [0.1, 0.15) is 12.8 Å². The Kier molecular flexibility index (Phi) is 6.42. The van der Waals surface area contributed by atoms with E-state index in [1.54, 1.807) is 0 Å².